The van der Waals surface area contributed by atoms with Gasteiger partial charge >= 0.3 is 0 Å². The largest absolute Gasteiger partial charge is 0.313 e. The Hall–Kier alpha value is -1.12. The molecule has 1 rings (SSSR count). The molecule has 1 aromatic heterocycles. The van der Waals surface area contributed by atoms with Gasteiger partial charge in [-0.05, 0) is 25.5 Å². The molecule has 0 fully saturated rings. The second kappa shape index (κ2) is 5.51. The van der Waals surface area contributed by atoms with Crippen molar-refractivity contribution in [1.29, 1.82) is 0 Å². The minimum absolute atomic E-state index is 0.511. The van der Waals surface area contributed by atoms with Gasteiger partial charge in [0.25, 0.3) is 5.56 Å². The molecule has 0 aliphatic heterocycles. The summed E-state index contributed by atoms with van der Waals surface area (Å²) in [6, 6.07) is 1.24. The van der Waals surface area contributed by atoms with E-state index in [2.05, 4.69) is 0 Å². The van der Waals surface area contributed by atoms with Crippen molar-refractivity contribution in [3.05, 3.63) is 34.0 Å². The van der Waals surface area contributed by atoms with Crippen molar-refractivity contribution < 1.29 is 4.39 Å². The van der Waals surface area contributed by atoms with E-state index in [9.17, 15) is 9.18 Å². The van der Waals surface area contributed by atoms with E-state index in [0.717, 1.165) is 5.56 Å². The van der Waals surface area contributed by atoms with Gasteiger partial charge < -0.3 is 4.57 Å². The second-order valence-corrected chi connectivity index (χ2v) is 2.46. The van der Waals surface area contributed by atoms with Crippen LogP contribution in [0.1, 0.15) is 26.3 Å². The van der Waals surface area contributed by atoms with E-state index in [4.69, 9.17) is 0 Å². The third kappa shape index (κ3) is 3.01. The van der Waals surface area contributed by atoms with Crippen molar-refractivity contribution in [2.24, 2.45) is 0 Å². The second-order valence-electron chi connectivity index (χ2n) is 2.46. The van der Waals surface area contributed by atoms with E-state index < -0.39 is 11.4 Å². The van der Waals surface area contributed by atoms with Gasteiger partial charge in [-0.15, -0.1) is 0 Å². The van der Waals surface area contributed by atoms with Crippen LogP contribution < -0.4 is 5.56 Å². The summed E-state index contributed by atoms with van der Waals surface area (Å²) >= 11 is 0. The van der Waals surface area contributed by atoms with Gasteiger partial charge in [0.05, 0.1) is 0 Å². The maximum absolute atomic E-state index is 12.7. The molecule has 1 aromatic rings. The molecule has 3 heteroatoms. The zero-order valence-corrected chi connectivity index (χ0v) is 8.60. The van der Waals surface area contributed by atoms with Crippen molar-refractivity contribution in [3.63, 3.8) is 0 Å². The molecule has 0 amide bonds. The van der Waals surface area contributed by atoms with Gasteiger partial charge in [0.15, 0.2) is 5.82 Å². The molecule has 0 aliphatic carbocycles. The molecule has 0 N–H and O–H groups in total. The summed E-state index contributed by atoms with van der Waals surface area (Å²) in [4.78, 5) is 10.9. The van der Waals surface area contributed by atoms with Crippen molar-refractivity contribution in [2.45, 2.75) is 34.2 Å². The van der Waals surface area contributed by atoms with Crippen molar-refractivity contribution >= 4 is 0 Å². The zero-order chi connectivity index (χ0) is 10.4. The summed E-state index contributed by atoms with van der Waals surface area (Å²) < 4.78 is 14.0. The molecule has 0 aliphatic rings. The van der Waals surface area contributed by atoms with Crippen LogP contribution in [-0.2, 0) is 6.54 Å². The van der Waals surface area contributed by atoms with E-state index >= 15 is 0 Å². The van der Waals surface area contributed by atoms with Crippen LogP contribution in [0.4, 0.5) is 4.39 Å². The Bertz CT molecular complexity index is 317. The average molecular weight is 185 g/mol. The lowest BCUT2D eigenvalue weighted by atomic mass is 10.3. The standard InChI is InChI=1S/C8H10FNO.C2H6/c1-3-10-5-6(2)4-7(9)8(10)11;1-2/h4-5H,3H2,1-2H3;1-2H3. The van der Waals surface area contributed by atoms with Crippen molar-refractivity contribution in [1.82, 2.24) is 4.57 Å². The van der Waals surface area contributed by atoms with E-state index in [-0.39, 0.29) is 0 Å². The molecular weight excluding hydrogens is 169 g/mol. The topological polar surface area (TPSA) is 22.0 Å². The molecule has 2 nitrogen and oxygen atoms in total. The molecule has 0 unspecified atom stereocenters. The van der Waals surface area contributed by atoms with Crippen LogP contribution in [0.5, 0.6) is 0 Å². The van der Waals surface area contributed by atoms with Crippen LogP contribution in [0.15, 0.2) is 17.1 Å². The summed E-state index contributed by atoms with van der Waals surface area (Å²) in [5.74, 6) is -0.674. The summed E-state index contributed by atoms with van der Waals surface area (Å²) in [5.41, 5.74) is 0.224. The Morgan fingerprint density at radius 2 is 2.00 bits per heavy atom. The third-order valence-corrected chi connectivity index (χ3v) is 1.52. The first-order valence-corrected chi connectivity index (χ1v) is 4.51. The monoisotopic (exact) mass is 185 g/mol. The van der Waals surface area contributed by atoms with Gasteiger partial charge in [-0.1, -0.05) is 13.8 Å². The van der Waals surface area contributed by atoms with Gasteiger partial charge in [0, 0.05) is 12.7 Å². The minimum Gasteiger partial charge on any atom is -0.313 e. The number of aromatic nitrogens is 1. The van der Waals surface area contributed by atoms with Gasteiger partial charge in [-0.25, -0.2) is 4.39 Å². The fourth-order valence-electron chi connectivity index (χ4n) is 0.975. The van der Waals surface area contributed by atoms with Gasteiger partial charge in [0.1, 0.15) is 0 Å². The molecule has 0 spiro atoms. The first-order valence-electron chi connectivity index (χ1n) is 4.51. The predicted molar refractivity (Wildman–Crippen MR) is 52.4 cm³/mol. The number of halogens is 1. The predicted octanol–water partition coefficient (Wildman–Crippen LogP) is 2.34. The van der Waals surface area contributed by atoms with Crippen LogP contribution in [0.25, 0.3) is 0 Å². The highest BCUT2D eigenvalue weighted by Crippen LogP contribution is 1.96. The molecule has 0 saturated carbocycles. The first kappa shape index (κ1) is 11.9. The SMILES string of the molecule is CC.CCn1cc(C)cc(F)c1=O. The van der Waals surface area contributed by atoms with E-state index in [0.29, 0.717) is 6.54 Å². The molecule has 0 aromatic carbocycles. The van der Waals surface area contributed by atoms with E-state index in [1.54, 1.807) is 20.0 Å². The number of aryl methyl sites for hydroxylation is 2. The van der Waals surface area contributed by atoms with Gasteiger partial charge in [-0.2, -0.15) is 0 Å². The van der Waals surface area contributed by atoms with Gasteiger partial charge in [0.2, 0.25) is 0 Å². The summed E-state index contributed by atoms with van der Waals surface area (Å²) in [6.07, 6.45) is 1.64. The molecule has 0 saturated heterocycles. The smallest absolute Gasteiger partial charge is 0.286 e. The van der Waals surface area contributed by atoms with Crippen LogP contribution in [-0.4, -0.2) is 4.57 Å². The van der Waals surface area contributed by atoms with Crippen molar-refractivity contribution in [3.8, 4) is 0 Å². The average Bonchev–Trinajstić information content (AvgIpc) is 2.14. The highest BCUT2D eigenvalue weighted by atomic mass is 19.1. The maximum Gasteiger partial charge on any atom is 0.286 e. The molecule has 1 heterocycles. The fraction of sp³-hybridized carbons (Fsp3) is 0.500. The number of hydrogen-bond donors (Lipinski definition) is 0. The van der Waals surface area contributed by atoms with Crippen LogP contribution in [0.3, 0.4) is 0 Å². The Balaban J connectivity index is 0.000000671. The minimum atomic E-state index is -0.674. The van der Waals surface area contributed by atoms with E-state index in [1.165, 1.54) is 10.6 Å². The van der Waals surface area contributed by atoms with Gasteiger partial charge in [-0.3, -0.25) is 4.79 Å². The summed E-state index contributed by atoms with van der Waals surface area (Å²) in [5, 5.41) is 0. The number of pyridine rings is 1. The lowest BCUT2D eigenvalue weighted by Gasteiger charge is -2.01. The molecule has 0 bridgehead atoms. The number of hydrogen-bond acceptors (Lipinski definition) is 1. The highest BCUT2D eigenvalue weighted by Gasteiger charge is 2.00. The molecule has 13 heavy (non-hydrogen) atoms. The molecular formula is C10H16FNO. The van der Waals surface area contributed by atoms with Crippen molar-refractivity contribution in [2.75, 3.05) is 0 Å². The molecule has 74 valence electrons. The lowest BCUT2D eigenvalue weighted by molar-refractivity contribution is 0.573. The highest BCUT2D eigenvalue weighted by molar-refractivity contribution is 5.08. The quantitative estimate of drug-likeness (QED) is 0.658. The molecule has 0 radical (unpaired) electrons. The third-order valence-electron chi connectivity index (χ3n) is 1.52. The summed E-state index contributed by atoms with van der Waals surface area (Å²) in [7, 11) is 0. The van der Waals surface area contributed by atoms with Crippen LogP contribution >= 0.6 is 0 Å². The van der Waals surface area contributed by atoms with Crippen LogP contribution in [0.2, 0.25) is 0 Å². The summed E-state index contributed by atoms with van der Waals surface area (Å²) in [6.45, 7) is 8.08. The maximum atomic E-state index is 12.7. The Morgan fingerprint density at radius 1 is 1.46 bits per heavy atom. The number of rotatable bonds is 1. The zero-order valence-electron chi connectivity index (χ0n) is 8.60. The van der Waals surface area contributed by atoms with E-state index in [1.807, 2.05) is 13.8 Å². The molecule has 0 atom stereocenters. The Morgan fingerprint density at radius 3 is 2.46 bits per heavy atom. The normalized spacial score (nSPS) is 9.00. The Kier molecular flexibility index (Phi) is 5.04. The fourth-order valence-corrected chi connectivity index (χ4v) is 0.975. The Labute approximate surface area is 78.0 Å². The first-order chi connectivity index (χ1) is 6.15. The van der Waals surface area contributed by atoms with Crippen LogP contribution in [0, 0.1) is 12.7 Å². The number of nitrogens with zero attached hydrogens (tertiary/aromatic N) is 1. The lowest BCUT2D eigenvalue weighted by Crippen LogP contribution is -2.21.